The molecule has 3 rings (SSSR count). The number of halogens is 2. The Balaban J connectivity index is 1.79. The van der Waals surface area contributed by atoms with E-state index in [0.29, 0.717) is 15.7 Å². The summed E-state index contributed by atoms with van der Waals surface area (Å²) in [6.07, 6.45) is 1.45. The number of nitrogens with one attached hydrogen (secondary N) is 1. The highest BCUT2D eigenvalue weighted by Gasteiger charge is 2.09. The lowest BCUT2D eigenvalue weighted by Gasteiger charge is -2.02. The van der Waals surface area contributed by atoms with Crippen LogP contribution in [0.2, 0.25) is 10.0 Å². The van der Waals surface area contributed by atoms with E-state index in [-0.39, 0.29) is 10.8 Å². The number of benzene rings is 2. The van der Waals surface area contributed by atoms with Crippen LogP contribution >= 0.6 is 34.5 Å². The molecule has 0 fully saturated rings. The van der Waals surface area contributed by atoms with E-state index in [4.69, 9.17) is 23.2 Å². The van der Waals surface area contributed by atoms with Crippen LogP contribution in [0.1, 0.15) is 10.4 Å². The van der Waals surface area contributed by atoms with Crippen molar-refractivity contribution in [2.24, 2.45) is 5.10 Å². The summed E-state index contributed by atoms with van der Waals surface area (Å²) in [5.74, 6) is -0.0630. The quantitative estimate of drug-likeness (QED) is 0.461. The maximum atomic E-state index is 9.89. The molecule has 0 aliphatic rings. The number of anilines is 1. The maximum Gasteiger partial charge on any atom is 0.204 e. The van der Waals surface area contributed by atoms with Crippen LogP contribution < -0.4 is 5.43 Å². The molecule has 1 aromatic heterocycles. The van der Waals surface area contributed by atoms with Gasteiger partial charge >= 0.3 is 0 Å². The number of aromatic nitrogens is 1. The van der Waals surface area contributed by atoms with E-state index >= 15 is 0 Å². The molecule has 0 unspecified atom stereocenters. The third kappa shape index (κ3) is 3.70. The van der Waals surface area contributed by atoms with Gasteiger partial charge in [0, 0.05) is 21.0 Å². The van der Waals surface area contributed by atoms with E-state index in [0.717, 1.165) is 16.1 Å². The van der Waals surface area contributed by atoms with Gasteiger partial charge in [-0.25, -0.2) is 4.98 Å². The molecule has 1 heterocycles. The zero-order valence-corrected chi connectivity index (χ0v) is 15.0. The average Bonchev–Trinajstić information content (AvgIpc) is 2.93. The maximum absolute atomic E-state index is 9.89. The predicted molar refractivity (Wildman–Crippen MR) is 102 cm³/mol. The lowest BCUT2D eigenvalue weighted by molar-refractivity contribution is 0.475. The summed E-state index contributed by atoms with van der Waals surface area (Å²) >= 11 is 13.3. The van der Waals surface area contributed by atoms with E-state index < -0.39 is 0 Å². The van der Waals surface area contributed by atoms with Gasteiger partial charge in [-0.05, 0) is 19.1 Å². The monoisotopic (exact) mass is 377 g/mol. The van der Waals surface area contributed by atoms with Crippen LogP contribution in [-0.4, -0.2) is 16.3 Å². The van der Waals surface area contributed by atoms with Crippen LogP contribution in [0.25, 0.3) is 11.3 Å². The second-order valence-electron chi connectivity index (χ2n) is 4.99. The largest absolute Gasteiger partial charge is 0.506 e. The van der Waals surface area contributed by atoms with Gasteiger partial charge < -0.3 is 5.11 Å². The Labute approximate surface area is 153 Å². The van der Waals surface area contributed by atoms with E-state index in [2.05, 4.69) is 15.5 Å². The molecule has 0 saturated carbocycles. The van der Waals surface area contributed by atoms with Crippen molar-refractivity contribution in [1.82, 2.24) is 4.98 Å². The SMILES string of the molecule is Cc1sc(N/N=C/c2cc(Cl)cc(Cl)c2O)nc1-c1ccccc1. The number of thiazole rings is 1. The highest BCUT2D eigenvalue weighted by molar-refractivity contribution is 7.15. The Morgan fingerprint density at radius 2 is 1.96 bits per heavy atom. The topological polar surface area (TPSA) is 57.5 Å². The van der Waals surface area contributed by atoms with Gasteiger partial charge in [0.1, 0.15) is 5.75 Å². The molecule has 122 valence electrons. The summed E-state index contributed by atoms with van der Waals surface area (Å²) in [6, 6.07) is 13.0. The number of nitrogens with zero attached hydrogens (tertiary/aromatic N) is 2. The van der Waals surface area contributed by atoms with E-state index in [9.17, 15) is 5.11 Å². The van der Waals surface area contributed by atoms with Gasteiger partial charge in [-0.2, -0.15) is 5.10 Å². The fourth-order valence-electron chi connectivity index (χ4n) is 2.15. The fraction of sp³-hybridized carbons (Fsp3) is 0.0588. The lowest BCUT2D eigenvalue weighted by Crippen LogP contribution is -1.91. The summed E-state index contributed by atoms with van der Waals surface area (Å²) in [6.45, 7) is 2.01. The summed E-state index contributed by atoms with van der Waals surface area (Å²) in [5.41, 5.74) is 5.28. The molecule has 24 heavy (non-hydrogen) atoms. The summed E-state index contributed by atoms with van der Waals surface area (Å²) in [4.78, 5) is 5.64. The molecule has 0 bridgehead atoms. The van der Waals surface area contributed by atoms with Crippen LogP contribution in [0, 0.1) is 6.92 Å². The minimum Gasteiger partial charge on any atom is -0.506 e. The molecule has 0 saturated heterocycles. The second-order valence-corrected chi connectivity index (χ2v) is 7.03. The standard InChI is InChI=1S/C17H13Cl2N3OS/c1-10-15(11-5-3-2-4-6-11)21-17(24-10)22-20-9-12-7-13(18)8-14(19)16(12)23/h2-9,23H,1H3,(H,21,22)/b20-9+. The van der Waals surface area contributed by atoms with Gasteiger partial charge in [0.15, 0.2) is 0 Å². The minimum absolute atomic E-state index is 0.0630. The molecule has 0 radical (unpaired) electrons. The first-order valence-electron chi connectivity index (χ1n) is 7.04. The van der Waals surface area contributed by atoms with Crippen molar-refractivity contribution in [3.63, 3.8) is 0 Å². The molecule has 0 atom stereocenters. The van der Waals surface area contributed by atoms with Crippen molar-refractivity contribution < 1.29 is 5.11 Å². The van der Waals surface area contributed by atoms with E-state index in [1.165, 1.54) is 23.6 Å². The molecular formula is C17H13Cl2N3OS. The number of hydrazone groups is 1. The molecule has 7 heteroatoms. The van der Waals surface area contributed by atoms with Gasteiger partial charge in [-0.1, -0.05) is 53.5 Å². The molecule has 4 nitrogen and oxygen atoms in total. The lowest BCUT2D eigenvalue weighted by atomic mass is 10.1. The van der Waals surface area contributed by atoms with Crippen molar-refractivity contribution in [3.8, 4) is 17.0 Å². The van der Waals surface area contributed by atoms with Crippen molar-refractivity contribution in [1.29, 1.82) is 0 Å². The molecule has 0 aliphatic carbocycles. The number of aryl methyl sites for hydroxylation is 1. The van der Waals surface area contributed by atoms with Crippen molar-refractivity contribution in [3.05, 3.63) is 63.0 Å². The van der Waals surface area contributed by atoms with Gasteiger partial charge in [0.25, 0.3) is 0 Å². The van der Waals surface area contributed by atoms with Gasteiger partial charge in [-0.15, -0.1) is 11.3 Å². The zero-order chi connectivity index (χ0) is 17.1. The van der Waals surface area contributed by atoms with E-state index in [1.807, 2.05) is 37.3 Å². The molecule has 2 aromatic carbocycles. The molecule has 0 amide bonds. The van der Waals surface area contributed by atoms with Crippen LogP contribution in [0.15, 0.2) is 47.6 Å². The van der Waals surface area contributed by atoms with Crippen molar-refractivity contribution in [2.75, 3.05) is 5.43 Å². The molecular weight excluding hydrogens is 365 g/mol. The first-order chi connectivity index (χ1) is 11.5. The first kappa shape index (κ1) is 16.8. The summed E-state index contributed by atoms with van der Waals surface area (Å²) in [5, 5.41) is 15.3. The van der Waals surface area contributed by atoms with Crippen LogP contribution in [0.3, 0.4) is 0 Å². The molecule has 3 aromatic rings. The molecule has 2 N–H and O–H groups in total. The third-order valence-electron chi connectivity index (χ3n) is 3.27. The Bertz CT molecular complexity index is 894. The summed E-state index contributed by atoms with van der Waals surface area (Å²) in [7, 11) is 0. The smallest absolute Gasteiger partial charge is 0.204 e. The number of hydrogen-bond donors (Lipinski definition) is 2. The van der Waals surface area contributed by atoms with Gasteiger partial charge in [0.05, 0.1) is 16.9 Å². The number of phenolic OH excluding ortho intramolecular Hbond substituents is 1. The number of phenols is 1. The number of rotatable bonds is 4. The molecule has 0 aliphatic heterocycles. The Morgan fingerprint density at radius 1 is 1.21 bits per heavy atom. The highest BCUT2D eigenvalue weighted by atomic mass is 35.5. The first-order valence-corrected chi connectivity index (χ1v) is 8.62. The average molecular weight is 378 g/mol. The van der Waals surface area contributed by atoms with Gasteiger partial charge in [0.2, 0.25) is 5.13 Å². The van der Waals surface area contributed by atoms with Crippen LogP contribution in [0.5, 0.6) is 5.75 Å². The van der Waals surface area contributed by atoms with Crippen molar-refractivity contribution in [2.45, 2.75) is 6.92 Å². The Hall–Kier alpha value is -2.08. The number of aromatic hydroxyl groups is 1. The molecule has 0 spiro atoms. The Morgan fingerprint density at radius 3 is 2.71 bits per heavy atom. The minimum atomic E-state index is -0.0630. The second kappa shape index (κ2) is 7.21. The normalized spacial score (nSPS) is 11.1. The number of hydrogen-bond acceptors (Lipinski definition) is 5. The zero-order valence-electron chi connectivity index (χ0n) is 12.6. The highest BCUT2D eigenvalue weighted by Crippen LogP contribution is 2.31. The summed E-state index contributed by atoms with van der Waals surface area (Å²) < 4.78 is 0. The fourth-order valence-corrected chi connectivity index (χ4v) is 3.44. The Kier molecular flexibility index (Phi) is 5.04. The van der Waals surface area contributed by atoms with Crippen LogP contribution in [-0.2, 0) is 0 Å². The van der Waals surface area contributed by atoms with Crippen LogP contribution in [0.4, 0.5) is 5.13 Å². The van der Waals surface area contributed by atoms with Crippen molar-refractivity contribution >= 4 is 45.9 Å². The van der Waals surface area contributed by atoms with Gasteiger partial charge in [-0.3, -0.25) is 5.43 Å². The predicted octanol–water partition coefficient (Wildman–Crippen LogP) is 5.58. The third-order valence-corrected chi connectivity index (χ3v) is 4.65. The van der Waals surface area contributed by atoms with E-state index in [1.54, 1.807) is 6.07 Å².